The van der Waals surface area contributed by atoms with Crippen molar-refractivity contribution in [2.75, 3.05) is 0 Å². The topological polar surface area (TPSA) is 57.5 Å². The Bertz CT molecular complexity index is 390. The maximum atomic E-state index is 13.1. The Hall–Kier alpha value is -1.72. The Labute approximate surface area is 82.8 Å². The molecule has 0 heterocycles. The zero-order valence-electron chi connectivity index (χ0n) is 7.38. The van der Waals surface area contributed by atoms with Gasteiger partial charge in [0.2, 0.25) is 0 Å². The maximum Gasteiger partial charge on any atom is 0.309 e. The molecule has 0 spiro atoms. The summed E-state index contributed by atoms with van der Waals surface area (Å²) in [5.74, 6) is -7.35. The van der Waals surface area contributed by atoms with Crippen LogP contribution in [0.1, 0.15) is 12.0 Å². The summed E-state index contributed by atoms with van der Waals surface area (Å²) >= 11 is 0. The largest absolute Gasteiger partial charge is 0.508 e. The highest BCUT2D eigenvalue weighted by atomic mass is 19.3. The molecular weight excluding hydrogens is 213 g/mol. The van der Waals surface area contributed by atoms with Crippen molar-refractivity contribution < 1.29 is 28.2 Å². The lowest BCUT2D eigenvalue weighted by atomic mass is 10.0. The third-order valence-electron chi connectivity index (χ3n) is 1.72. The lowest BCUT2D eigenvalue weighted by Gasteiger charge is -2.14. The Morgan fingerprint density at radius 3 is 2.47 bits per heavy atom. The zero-order valence-corrected chi connectivity index (χ0v) is 7.38. The number of phenols is 1. The van der Waals surface area contributed by atoms with Gasteiger partial charge in [0.15, 0.2) is 0 Å². The fraction of sp³-hybridized carbons (Fsp3) is 0.222. The van der Waals surface area contributed by atoms with E-state index in [-0.39, 0.29) is 0 Å². The van der Waals surface area contributed by atoms with Crippen LogP contribution in [0.15, 0.2) is 18.2 Å². The average molecular weight is 220 g/mol. The average Bonchev–Trinajstić information content (AvgIpc) is 1.99. The van der Waals surface area contributed by atoms with Crippen molar-refractivity contribution in [3.63, 3.8) is 0 Å². The summed E-state index contributed by atoms with van der Waals surface area (Å²) in [6.07, 6.45) is -1.49. The van der Waals surface area contributed by atoms with Gasteiger partial charge in [-0.15, -0.1) is 0 Å². The first kappa shape index (κ1) is 11.4. The highest BCUT2D eigenvalue weighted by molar-refractivity contribution is 5.68. The van der Waals surface area contributed by atoms with Crippen LogP contribution in [-0.2, 0) is 10.7 Å². The van der Waals surface area contributed by atoms with Gasteiger partial charge in [-0.3, -0.25) is 4.79 Å². The lowest BCUT2D eigenvalue weighted by molar-refractivity contribution is -0.145. The van der Waals surface area contributed by atoms with Gasteiger partial charge in [0.05, 0.1) is 5.56 Å². The van der Waals surface area contributed by atoms with Crippen LogP contribution in [-0.4, -0.2) is 16.2 Å². The number of phenolic OH excluding ortho intramolecular Hbond substituents is 1. The van der Waals surface area contributed by atoms with E-state index in [0.29, 0.717) is 12.1 Å². The molecule has 0 saturated carbocycles. The van der Waals surface area contributed by atoms with Crippen LogP contribution in [0.25, 0.3) is 0 Å². The number of hydrogen-bond acceptors (Lipinski definition) is 2. The molecule has 1 aromatic carbocycles. The molecule has 0 aliphatic heterocycles. The number of benzene rings is 1. The number of alkyl halides is 2. The van der Waals surface area contributed by atoms with E-state index < -0.39 is 35.4 Å². The first-order valence-electron chi connectivity index (χ1n) is 3.91. The molecule has 0 aromatic heterocycles. The first-order valence-corrected chi connectivity index (χ1v) is 3.91. The van der Waals surface area contributed by atoms with Gasteiger partial charge in [-0.25, -0.2) is 13.2 Å². The van der Waals surface area contributed by atoms with Gasteiger partial charge < -0.3 is 10.2 Å². The van der Waals surface area contributed by atoms with E-state index >= 15 is 0 Å². The number of carboxylic acid groups (broad SMARTS) is 1. The number of hydrogen-bond donors (Lipinski definition) is 2. The molecule has 0 bridgehead atoms. The number of aliphatic carboxylic acids is 1. The van der Waals surface area contributed by atoms with Crippen molar-refractivity contribution >= 4 is 5.97 Å². The van der Waals surface area contributed by atoms with E-state index in [1.807, 2.05) is 0 Å². The molecule has 3 nitrogen and oxygen atoms in total. The molecule has 0 amide bonds. The van der Waals surface area contributed by atoms with Crippen LogP contribution in [0, 0.1) is 5.82 Å². The second-order valence-corrected chi connectivity index (χ2v) is 2.94. The minimum absolute atomic E-state index is 0.498. The molecule has 0 unspecified atom stereocenters. The van der Waals surface area contributed by atoms with Crippen LogP contribution in [0.3, 0.4) is 0 Å². The predicted molar refractivity (Wildman–Crippen MR) is 44.2 cm³/mol. The lowest BCUT2D eigenvalue weighted by Crippen LogP contribution is -2.19. The molecule has 15 heavy (non-hydrogen) atoms. The molecule has 1 rings (SSSR count). The number of aromatic hydroxyl groups is 1. The summed E-state index contributed by atoms with van der Waals surface area (Å²) in [6, 6.07) is 2.03. The zero-order chi connectivity index (χ0) is 11.6. The maximum absolute atomic E-state index is 13.1. The van der Waals surface area contributed by atoms with E-state index in [1.54, 1.807) is 0 Å². The molecule has 82 valence electrons. The number of carboxylic acids is 1. The van der Waals surface area contributed by atoms with Crippen molar-refractivity contribution in [3.8, 4) is 5.75 Å². The molecule has 6 heteroatoms. The van der Waals surface area contributed by atoms with Crippen molar-refractivity contribution in [2.45, 2.75) is 12.3 Å². The van der Waals surface area contributed by atoms with Crippen LogP contribution < -0.4 is 0 Å². The van der Waals surface area contributed by atoms with Crippen LogP contribution in [0.2, 0.25) is 0 Å². The van der Waals surface area contributed by atoms with Gasteiger partial charge in [0.25, 0.3) is 5.92 Å². The summed E-state index contributed by atoms with van der Waals surface area (Å²) in [7, 11) is 0. The van der Waals surface area contributed by atoms with E-state index in [0.717, 1.165) is 6.07 Å². The molecule has 0 atom stereocenters. The number of halogens is 3. The summed E-state index contributed by atoms with van der Waals surface area (Å²) in [5.41, 5.74) is -1.04. The van der Waals surface area contributed by atoms with Crippen LogP contribution >= 0.6 is 0 Å². The number of carbonyl (C=O) groups is 1. The third kappa shape index (κ3) is 2.61. The smallest absolute Gasteiger partial charge is 0.309 e. The van der Waals surface area contributed by atoms with Crippen molar-refractivity contribution in [2.24, 2.45) is 0 Å². The number of rotatable bonds is 3. The molecule has 0 saturated heterocycles. The van der Waals surface area contributed by atoms with Gasteiger partial charge in [-0.05, 0) is 12.1 Å². The van der Waals surface area contributed by atoms with E-state index in [9.17, 15) is 18.0 Å². The SMILES string of the molecule is O=C(O)CC(F)(F)c1ccc(O)cc1F. The third-order valence-corrected chi connectivity index (χ3v) is 1.72. The van der Waals surface area contributed by atoms with Crippen molar-refractivity contribution in [1.82, 2.24) is 0 Å². The highest BCUT2D eigenvalue weighted by Gasteiger charge is 2.37. The molecule has 0 fully saturated rings. The Morgan fingerprint density at radius 2 is 2.00 bits per heavy atom. The second-order valence-electron chi connectivity index (χ2n) is 2.94. The minimum atomic E-state index is -3.79. The van der Waals surface area contributed by atoms with Crippen LogP contribution in [0.5, 0.6) is 5.75 Å². The Kier molecular flexibility index (Phi) is 2.88. The summed E-state index contributed by atoms with van der Waals surface area (Å²) < 4.78 is 39.2. The highest BCUT2D eigenvalue weighted by Crippen LogP contribution is 2.34. The Balaban J connectivity index is 3.09. The van der Waals surface area contributed by atoms with Crippen molar-refractivity contribution in [1.29, 1.82) is 0 Å². The van der Waals surface area contributed by atoms with Gasteiger partial charge >= 0.3 is 5.97 Å². The summed E-state index contributed by atoms with van der Waals surface area (Å²) in [5, 5.41) is 17.0. The molecule has 1 aromatic rings. The van der Waals surface area contributed by atoms with E-state index in [2.05, 4.69) is 0 Å². The van der Waals surface area contributed by atoms with E-state index in [1.165, 1.54) is 0 Å². The summed E-state index contributed by atoms with van der Waals surface area (Å²) in [4.78, 5) is 10.1. The molecule has 0 aliphatic rings. The van der Waals surface area contributed by atoms with E-state index in [4.69, 9.17) is 10.2 Å². The van der Waals surface area contributed by atoms with Gasteiger partial charge in [0.1, 0.15) is 18.0 Å². The quantitative estimate of drug-likeness (QED) is 0.820. The minimum Gasteiger partial charge on any atom is -0.508 e. The van der Waals surface area contributed by atoms with Crippen molar-refractivity contribution in [3.05, 3.63) is 29.6 Å². The van der Waals surface area contributed by atoms with Gasteiger partial charge in [-0.2, -0.15) is 0 Å². The molecule has 2 N–H and O–H groups in total. The summed E-state index contributed by atoms with van der Waals surface area (Å²) in [6.45, 7) is 0. The standard InChI is InChI=1S/C9H7F3O3/c10-7-3-5(13)1-2-6(7)9(11,12)4-8(14)15/h1-3,13H,4H2,(H,14,15). The Morgan fingerprint density at radius 1 is 1.40 bits per heavy atom. The predicted octanol–water partition coefficient (Wildman–Crippen LogP) is 2.10. The normalized spacial score (nSPS) is 11.4. The first-order chi connectivity index (χ1) is 6.83. The molecular formula is C9H7F3O3. The molecule has 0 aliphatic carbocycles. The van der Waals surface area contributed by atoms with Gasteiger partial charge in [0, 0.05) is 6.07 Å². The monoisotopic (exact) mass is 220 g/mol. The second kappa shape index (κ2) is 3.80. The fourth-order valence-electron chi connectivity index (χ4n) is 1.09. The fourth-order valence-corrected chi connectivity index (χ4v) is 1.09. The van der Waals surface area contributed by atoms with Crippen LogP contribution in [0.4, 0.5) is 13.2 Å². The molecule has 0 radical (unpaired) electrons. The van der Waals surface area contributed by atoms with Gasteiger partial charge in [-0.1, -0.05) is 0 Å².